The molecule has 0 aromatic heterocycles. The molecule has 3 heteroatoms. The minimum Gasteiger partial charge on any atom is -0.497 e. The Morgan fingerprint density at radius 2 is 1.68 bits per heavy atom. The standard InChI is InChI=1S/C16H15NO2/c1-18-16-7-3-6-15(9-16)12-19-11-14-5-2-4-13(8-14)10-17/h2-9H,11-12H2,1H3. The van der Waals surface area contributed by atoms with Gasteiger partial charge in [0.2, 0.25) is 0 Å². The van der Waals surface area contributed by atoms with Crippen molar-refractivity contribution in [1.82, 2.24) is 0 Å². The van der Waals surface area contributed by atoms with Crippen LogP contribution in [0.2, 0.25) is 0 Å². The van der Waals surface area contributed by atoms with Gasteiger partial charge in [0.1, 0.15) is 5.75 Å². The van der Waals surface area contributed by atoms with Crippen molar-refractivity contribution in [2.75, 3.05) is 7.11 Å². The van der Waals surface area contributed by atoms with Crippen molar-refractivity contribution < 1.29 is 9.47 Å². The van der Waals surface area contributed by atoms with E-state index in [9.17, 15) is 0 Å². The Kier molecular flexibility index (Phi) is 4.54. The minimum atomic E-state index is 0.493. The van der Waals surface area contributed by atoms with Gasteiger partial charge in [-0.1, -0.05) is 24.3 Å². The number of ether oxygens (including phenoxy) is 2. The van der Waals surface area contributed by atoms with Gasteiger partial charge in [-0.25, -0.2) is 0 Å². The molecule has 0 radical (unpaired) electrons. The molecule has 0 aliphatic heterocycles. The molecule has 2 aromatic rings. The van der Waals surface area contributed by atoms with Crippen LogP contribution < -0.4 is 4.74 Å². The first-order valence-electron chi connectivity index (χ1n) is 6.01. The van der Waals surface area contributed by atoms with Gasteiger partial charge in [-0.05, 0) is 35.4 Å². The first-order valence-corrected chi connectivity index (χ1v) is 6.01. The summed E-state index contributed by atoms with van der Waals surface area (Å²) in [6, 6.07) is 17.3. The summed E-state index contributed by atoms with van der Waals surface area (Å²) in [5, 5.41) is 8.82. The second kappa shape index (κ2) is 6.58. The largest absolute Gasteiger partial charge is 0.497 e. The Morgan fingerprint density at radius 3 is 2.37 bits per heavy atom. The van der Waals surface area contributed by atoms with Crippen LogP contribution in [0.15, 0.2) is 48.5 Å². The lowest BCUT2D eigenvalue weighted by molar-refractivity contribution is 0.107. The summed E-state index contributed by atoms with van der Waals surface area (Å²) in [6.07, 6.45) is 0. The van der Waals surface area contributed by atoms with Crippen LogP contribution >= 0.6 is 0 Å². The van der Waals surface area contributed by atoms with E-state index in [0.29, 0.717) is 18.8 Å². The van der Waals surface area contributed by atoms with E-state index < -0.39 is 0 Å². The molecule has 3 nitrogen and oxygen atoms in total. The monoisotopic (exact) mass is 253 g/mol. The number of benzene rings is 2. The molecule has 0 aliphatic carbocycles. The van der Waals surface area contributed by atoms with Gasteiger partial charge in [0.05, 0.1) is 32.0 Å². The van der Waals surface area contributed by atoms with Crippen molar-refractivity contribution in [2.24, 2.45) is 0 Å². The Morgan fingerprint density at radius 1 is 1.00 bits per heavy atom. The molecule has 0 spiro atoms. The van der Waals surface area contributed by atoms with Crippen LogP contribution in [0.1, 0.15) is 16.7 Å². The van der Waals surface area contributed by atoms with E-state index in [-0.39, 0.29) is 0 Å². The number of hydrogen-bond donors (Lipinski definition) is 0. The van der Waals surface area contributed by atoms with Gasteiger partial charge >= 0.3 is 0 Å². The number of rotatable bonds is 5. The van der Waals surface area contributed by atoms with Crippen LogP contribution in [0.25, 0.3) is 0 Å². The number of nitriles is 1. The first-order chi connectivity index (χ1) is 9.31. The van der Waals surface area contributed by atoms with Gasteiger partial charge in [-0.3, -0.25) is 0 Å². The SMILES string of the molecule is COc1cccc(COCc2cccc(C#N)c2)c1. The summed E-state index contributed by atoms with van der Waals surface area (Å²) < 4.78 is 10.8. The average Bonchev–Trinajstić information content (AvgIpc) is 2.48. The van der Waals surface area contributed by atoms with Crippen LogP contribution in [0.3, 0.4) is 0 Å². The van der Waals surface area contributed by atoms with E-state index >= 15 is 0 Å². The number of hydrogen-bond acceptors (Lipinski definition) is 3. The summed E-state index contributed by atoms with van der Waals surface area (Å²) in [4.78, 5) is 0. The zero-order chi connectivity index (χ0) is 13.5. The van der Waals surface area contributed by atoms with Crippen molar-refractivity contribution in [3.8, 4) is 11.8 Å². The molecule has 2 aromatic carbocycles. The van der Waals surface area contributed by atoms with E-state index in [2.05, 4.69) is 6.07 Å². The highest BCUT2D eigenvalue weighted by atomic mass is 16.5. The molecule has 0 amide bonds. The molecule has 0 saturated heterocycles. The normalized spacial score (nSPS) is 9.89. The lowest BCUT2D eigenvalue weighted by atomic mass is 10.1. The van der Waals surface area contributed by atoms with E-state index in [0.717, 1.165) is 16.9 Å². The predicted octanol–water partition coefficient (Wildman–Crippen LogP) is 3.28. The highest BCUT2D eigenvalue weighted by Gasteiger charge is 1.98. The van der Waals surface area contributed by atoms with Crippen LogP contribution in [0.4, 0.5) is 0 Å². The van der Waals surface area contributed by atoms with Gasteiger partial charge in [-0.2, -0.15) is 5.26 Å². The number of nitrogens with zero attached hydrogens (tertiary/aromatic N) is 1. The topological polar surface area (TPSA) is 42.2 Å². The zero-order valence-corrected chi connectivity index (χ0v) is 10.8. The molecule has 0 bridgehead atoms. The maximum Gasteiger partial charge on any atom is 0.119 e. The summed E-state index contributed by atoms with van der Waals surface area (Å²) >= 11 is 0. The van der Waals surface area contributed by atoms with Crippen LogP contribution in [0.5, 0.6) is 5.75 Å². The molecule has 2 rings (SSSR count). The molecule has 0 aliphatic rings. The van der Waals surface area contributed by atoms with Crippen molar-refractivity contribution in [1.29, 1.82) is 5.26 Å². The fourth-order valence-electron chi connectivity index (χ4n) is 1.78. The quantitative estimate of drug-likeness (QED) is 0.821. The third-order valence-corrected chi connectivity index (χ3v) is 2.73. The summed E-state index contributed by atoms with van der Waals surface area (Å²) in [6.45, 7) is 1.01. The molecule has 96 valence electrons. The van der Waals surface area contributed by atoms with Gasteiger partial charge in [0.25, 0.3) is 0 Å². The van der Waals surface area contributed by atoms with Gasteiger partial charge in [0, 0.05) is 0 Å². The maximum atomic E-state index is 8.82. The van der Waals surface area contributed by atoms with Crippen molar-refractivity contribution in [3.63, 3.8) is 0 Å². The summed E-state index contributed by atoms with van der Waals surface area (Å²) in [7, 11) is 1.65. The Hall–Kier alpha value is -2.31. The highest BCUT2D eigenvalue weighted by Crippen LogP contribution is 2.14. The van der Waals surface area contributed by atoms with E-state index in [1.807, 2.05) is 42.5 Å². The van der Waals surface area contributed by atoms with Gasteiger partial charge in [-0.15, -0.1) is 0 Å². The second-order valence-electron chi connectivity index (χ2n) is 4.16. The van der Waals surface area contributed by atoms with Gasteiger partial charge < -0.3 is 9.47 Å². The molecule has 19 heavy (non-hydrogen) atoms. The Balaban J connectivity index is 1.90. The van der Waals surface area contributed by atoms with Crippen LogP contribution in [-0.4, -0.2) is 7.11 Å². The Bertz CT molecular complexity index is 587. The summed E-state index contributed by atoms with van der Waals surface area (Å²) in [5.74, 6) is 0.826. The molecule has 0 fully saturated rings. The highest BCUT2D eigenvalue weighted by molar-refractivity contribution is 5.32. The molecule has 0 unspecified atom stereocenters. The van der Waals surface area contributed by atoms with Crippen molar-refractivity contribution in [3.05, 3.63) is 65.2 Å². The molecule has 0 saturated carbocycles. The van der Waals surface area contributed by atoms with Crippen molar-refractivity contribution in [2.45, 2.75) is 13.2 Å². The van der Waals surface area contributed by atoms with Crippen molar-refractivity contribution >= 4 is 0 Å². The van der Waals surface area contributed by atoms with Gasteiger partial charge in [0.15, 0.2) is 0 Å². The van der Waals surface area contributed by atoms with Crippen LogP contribution in [0, 0.1) is 11.3 Å². The average molecular weight is 253 g/mol. The third-order valence-electron chi connectivity index (χ3n) is 2.73. The van der Waals surface area contributed by atoms with E-state index in [1.54, 1.807) is 13.2 Å². The molecular formula is C16H15NO2. The maximum absolute atomic E-state index is 8.82. The number of methoxy groups -OCH3 is 1. The molecule has 0 N–H and O–H groups in total. The first kappa shape index (κ1) is 13.1. The second-order valence-corrected chi connectivity index (χ2v) is 4.16. The molecule has 0 atom stereocenters. The molecular weight excluding hydrogens is 238 g/mol. The van der Waals surface area contributed by atoms with Crippen LogP contribution in [-0.2, 0) is 18.0 Å². The minimum absolute atomic E-state index is 0.493. The fourth-order valence-corrected chi connectivity index (χ4v) is 1.78. The lowest BCUT2D eigenvalue weighted by Crippen LogP contribution is -1.95. The molecule has 0 heterocycles. The Labute approximate surface area is 113 Å². The van der Waals surface area contributed by atoms with E-state index in [1.165, 1.54) is 0 Å². The third kappa shape index (κ3) is 3.84. The lowest BCUT2D eigenvalue weighted by Gasteiger charge is -2.06. The predicted molar refractivity (Wildman–Crippen MR) is 72.6 cm³/mol. The zero-order valence-electron chi connectivity index (χ0n) is 10.8. The smallest absolute Gasteiger partial charge is 0.119 e. The fraction of sp³-hybridized carbons (Fsp3) is 0.188. The summed E-state index contributed by atoms with van der Waals surface area (Å²) in [5.41, 5.74) is 2.72. The van der Waals surface area contributed by atoms with E-state index in [4.69, 9.17) is 14.7 Å².